The molecule has 0 aliphatic carbocycles. The zero-order valence-corrected chi connectivity index (χ0v) is 19.2. The van der Waals surface area contributed by atoms with Gasteiger partial charge in [0.2, 0.25) is 0 Å². The third kappa shape index (κ3) is 4.59. The van der Waals surface area contributed by atoms with Crippen molar-refractivity contribution in [2.24, 2.45) is 0 Å². The van der Waals surface area contributed by atoms with Crippen LogP contribution in [0.5, 0.6) is 5.75 Å². The number of hydrogen-bond donors (Lipinski definition) is 0. The summed E-state index contributed by atoms with van der Waals surface area (Å²) in [5.41, 5.74) is 2.65. The van der Waals surface area contributed by atoms with Crippen molar-refractivity contribution in [1.29, 1.82) is 0 Å². The fraction of sp³-hybridized carbons (Fsp3) is 0.222. The van der Waals surface area contributed by atoms with Crippen LogP contribution in [0.15, 0.2) is 71.3 Å². The maximum atomic E-state index is 13.3. The number of carbonyl (C=O) groups excluding carboxylic acids is 2. The van der Waals surface area contributed by atoms with Crippen molar-refractivity contribution >= 4 is 22.7 Å². The van der Waals surface area contributed by atoms with Gasteiger partial charge in [0, 0.05) is 48.8 Å². The van der Waals surface area contributed by atoms with E-state index in [0.29, 0.717) is 61.1 Å². The summed E-state index contributed by atoms with van der Waals surface area (Å²) in [6.07, 6.45) is 1.47. The molecule has 3 heterocycles. The number of fused-ring (bicyclic) bond motifs is 1. The van der Waals surface area contributed by atoms with Crippen LogP contribution in [0.3, 0.4) is 0 Å². The van der Waals surface area contributed by atoms with Gasteiger partial charge in [-0.2, -0.15) is 0 Å². The number of amides is 2. The second-order valence-corrected chi connectivity index (χ2v) is 8.24. The Bertz CT molecular complexity index is 1360. The lowest BCUT2D eigenvalue weighted by Crippen LogP contribution is -2.50. The molecule has 1 aliphatic heterocycles. The molecule has 7 nitrogen and oxygen atoms in total. The number of carbonyl (C=O) groups is 2. The van der Waals surface area contributed by atoms with Gasteiger partial charge in [0.25, 0.3) is 11.8 Å². The highest BCUT2D eigenvalue weighted by Crippen LogP contribution is 2.31. The Labute approximate surface area is 201 Å². The van der Waals surface area contributed by atoms with Crippen LogP contribution in [-0.4, -0.2) is 59.4 Å². The number of ether oxygens (including phenoxy) is 1. The molecule has 0 saturated carbocycles. The molecule has 2 aromatic heterocycles. The molecule has 1 fully saturated rings. The van der Waals surface area contributed by atoms with E-state index in [0.717, 1.165) is 10.9 Å². The van der Waals surface area contributed by atoms with Gasteiger partial charge in [0.15, 0.2) is 5.76 Å². The molecule has 1 saturated heterocycles. The van der Waals surface area contributed by atoms with Gasteiger partial charge in [-0.05, 0) is 61.5 Å². The lowest BCUT2D eigenvalue weighted by molar-refractivity contribution is 0.0518. The third-order valence-corrected chi connectivity index (χ3v) is 6.04. The molecule has 35 heavy (non-hydrogen) atoms. The highest BCUT2D eigenvalue weighted by molar-refractivity contribution is 6.00. The monoisotopic (exact) mass is 473 g/mol. The standard InChI is InChI=1S/C27H24FN3O4/c1-2-34-25-17-23(18-5-8-20(28)9-6-18)29-22-10-7-19(16-21(22)25)26(32)30-11-13-31(14-12-30)27(33)24-4-3-15-35-24/h3-10,15-17H,2,11-14H2,1H3. The van der Waals surface area contributed by atoms with Gasteiger partial charge in [-0.25, -0.2) is 9.37 Å². The summed E-state index contributed by atoms with van der Waals surface area (Å²) in [5.74, 6) is 0.323. The highest BCUT2D eigenvalue weighted by Gasteiger charge is 2.27. The van der Waals surface area contributed by atoms with Crippen LogP contribution in [0, 0.1) is 5.82 Å². The van der Waals surface area contributed by atoms with E-state index in [1.165, 1.54) is 18.4 Å². The maximum Gasteiger partial charge on any atom is 0.289 e. The highest BCUT2D eigenvalue weighted by atomic mass is 19.1. The van der Waals surface area contributed by atoms with Crippen molar-refractivity contribution in [1.82, 2.24) is 14.8 Å². The first-order chi connectivity index (χ1) is 17.0. The van der Waals surface area contributed by atoms with E-state index in [4.69, 9.17) is 14.1 Å². The number of halogens is 1. The molecule has 0 radical (unpaired) electrons. The van der Waals surface area contributed by atoms with E-state index in [1.807, 2.05) is 13.0 Å². The van der Waals surface area contributed by atoms with Gasteiger partial charge in [-0.3, -0.25) is 9.59 Å². The Morgan fingerprint density at radius 1 is 0.971 bits per heavy atom. The van der Waals surface area contributed by atoms with Crippen LogP contribution in [0.25, 0.3) is 22.2 Å². The van der Waals surface area contributed by atoms with Crippen LogP contribution in [0.2, 0.25) is 0 Å². The van der Waals surface area contributed by atoms with E-state index >= 15 is 0 Å². The fourth-order valence-corrected chi connectivity index (χ4v) is 4.22. The predicted octanol–water partition coefficient (Wildman–Crippen LogP) is 4.63. The van der Waals surface area contributed by atoms with Crippen molar-refractivity contribution in [2.75, 3.05) is 32.8 Å². The first-order valence-corrected chi connectivity index (χ1v) is 11.5. The van der Waals surface area contributed by atoms with Crippen molar-refractivity contribution in [3.05, 3.63) is 84.1 Å². The van der Waals surface area contributed by atoms with Crippen molar-refractivity contribution in [2.45, 2.75) is 6.92 Å². The molecular formula is C27H24FN3O4. The average Bonchev–Trinajstić information content (AvgIpc) is 3.43. The molecular weight excluding hydrogens is 449 g/mol. The van der Waals surface area contributed by atoms with Crippen LogP contribution in [0.4, 0.5) is 4.39 Å². The largest absolute Gasteiger partial charge is 0.493 e. The average molecular weight is 474 g/mol. The predicted molar refractivity (Wildman–Crippen MR) is 129 cm³/mol. The molecule has 0 atom stereocenters. The molecule has 8 heteroatoms. The summed E-state index contributed by atoms with van der Waals surface area (Å²) in [6, 6.07) is 16.6. The number of furan rings is 1. The van der Waals surface area contributed by atoms with Crippen LogP contribution in [0.1, 0.15) is 27.8 Å². The van der Waals surface area contributed by atoms with Crippen molar-refractivity contribution < 1.29 is 23.1 Å². The first-order valence-electron chi connectivity index (χ1n) is 11.5. The van der Waals surface area contributed by atoms with E-state index < -0.39 is 0 Å². The quantitative estimate of drug-likeness (QED) is 0.422. The number of piperazine rings is 1. The van der Waals surface area contributed by atoms with Crippen molar-refractivity contribution in [3.63, 3.8) is 0 Å². The second kappa shape index (κ2) is 9.58. The lowest BCUT2D eigenvalue weighted by Gasteiger charge is -2.34. The minimum atomic E-state index is -0.311. The molecule has 0 bridgehead atoms. The second-order valence-electron chi connectivity index (χ2n) is 8.24. The number of aromatic nitrogens is 1. The SMILES string of the molecule is CCOc1cc(-c2ccc(F)cc2)nc2ccc(C(=O)N3CCN(C(=O)c4ccco4)CC3)cc12. The van der Waals surface area contributed by atoms with E-state index in [-0.39, 0.29) is 17.6 Å². The van der Waals surface area contributed by atoms with Crippen molar-refractivity contribution in [3.8, 4) is 17.0 Å². The number of nitrogens with zero attached hydrogens (tertiary/aromatic N) is 3. The van der Waals surface area contributed by atoms with E-state index in [1.54, 1.807) is 52.3 Å². The molecule has 2 aromatic carbocycles. The minimum absolute atomic E-state index is 0.109. The molecule has 4 aromatic rings. The summed E-state index contributed by atoms with van der Waals surface area (Å²) in [5, 5.41) is 0.732. The Morgan fingerprint density at radius 2 is 1.69 bits per heavy atom. The Morgan fingerprint density at radius 3 is 2.34 bits per heavy atom. The molecule has 178 valence electrons. The van der Waals surface area contributed by atoms with E-state index in [9.17, 15) is 14.0 Å². The number of benzene rings is 2. The Balaban J connectivity index is 1.37. The van der Waals surface area contributed by atoms with Gasteiger partial charge < -0.3 is 19.0 Å². The molecule has 1 aliphatic rings. The molecule has 2 amide bonds. The van der Waals surface area contributed by atoms with Gasteiger partial charge >= 0.3 is 0 Å². The van der Waals surface area contributed by atoms with Gasteiger partial charge in [0.05, 0.1) is 24.1 Å². The van der Waals surface area contributed by atoms with E-state index in [2.05, 4.69) is 0 Å². The molecule has 5 rings (SSSR count). The third-order valence-electron chi connectivity index (χ3n) is 6.04. The van der Waals surface area contributed by atoms with Crippen LogP contribution < -0.4 is 4.74 Å². The first kappa shape index (κ1) is 22.6. The summed E-state index contributed by atoms with van der Waals surface area (Å²) in [7, 11) is 0. The number of hydrogen-bond acceptors (Lipinski definition) is 5. The van der Waals surface area contributed by atoms with Gasteiger partial charge in [-0.1, -0.05) is 0 Å². The summed E-state index contributed by atoms with van der Waals surface area (Å²) in [4.78, 5) is 33.9. The minimum Gasteiger partial charge on any atom is -0.493 e. The normalized spacial score (nSPS) is 13.8. The molecule has 0 spiro atoms. The van der Waals surface area contributed by atoms with Crippen LogP contribution in [-0.2, 0) is 0 Å². The zero-order chi connectivity index (χ0) is 24.4. The maximum absolute atomic E-state index is 13.3. The lowest BCUT2D eigenvalue weighted by atomic mass is 10.1. The number of pyridine rings is 1. The number of rotatable bonds is 5. The zero-order valence-electron chi connectivity index (χ0n) is 19.2. The summed E-state index contributed by atoms with van der Waals surface area (Å²) in [6.45, 7) is 4.08. The molecule has 0 unspecified atom stereocenters. The molecule has 0 N–H and O–H groups in total. The van der Waals surface area contributed by atoms with Gasteiger partial charge in [0.1, 0.15) is 11.6 Å². The Hall–Kier alpha value is -4.20. The fourth-order valence-electron chi connectivity index (χ4n) is 4.22. The smallest absolute Gasteiger partial charge is 0.289 e. The summed E-state index contributed by atoms with van der Waals surface area (Å²) >= 11 is 0. The topological polar surface area (TPSA) is 75.9 Å². The Kier molecular flexibility index (Phi) is 6.18. The van der Waals surface area contributed by atoms with Crippen LogP contribution >= 0.6 is 0 Å². The summed E-state index contributed by atoms with van der Waals surface area (Å²) < 4.78 is 24.4. The van der Waals surface area contributed by atoms with Gasteiger partial charge in [-0.15, -0.1) is 0 Å².